The molecule has 0 aliphatic heterocycles. The number of imide groups is 1. The smallest absolute Gasteiger partial charge is 0.414 e. The van der Waals surface area contributed by atoms with Crippen LogP contribution in [0.2, 0.25) is 0 Å². The van der Waals surface area contributed by atoms with Crippen molar-refractivity contribution in [2.24, 2.45) is 11.8 Å². The molecule has 0 radical (unpaired) electrons. The lowest BCUT2D eigenvalue weighted by Gasteiger charge is -2.28. The monoisotopic (exact) mass is 415 g/mol. The number of alkyl carbamates (subject to hydrolysis) is 1. The van der Waals surface area contributed by atoms with Gasteiger partial charge in [-0.25, -0.2) is 4.79 Å². The highest BCUT2D eigenvalue weighted by molar-refractivity contribution is 5.95. The van der Waals surface area contributed by atoms with Crippen molar-refractivity contribution in [2.75, 3.05) is 6.61 Å². The Labute approximate surface area is 179 Å². The predicted octanol–water partition coefficient (Wildman–Crippen LogP) is 3.77. The van der Waals surface area contributed by atoms with Gasteiger partial charge in [-0.2, -0.15) is 5.26 Å². The summed E-state index contributed by atoms with van der Waals surface area (Å²) in [6.07, 6.45) is 3.10. The highest BCUT2D eigenvalue weighted by Gasteiger charge is 2.28. The first kappa shape index (κ1) is 23.7. The van der Waals surface area contributed by atoms with Crippen LogP contribution in [0.4, 0.5) is 4.79 Å². The standard InChI is InChI=1S/C23H33N3O4/c1-15(2)21(22(27)26-23(28)30-20-7-5-6-16(3)12-20)25-17(4)14-29-19-10-8-18(13-24)9-11-19/h8-11,15-17,20-21,25H,5-7,12,14H2,1-4H3,(H,26,27,28)/t16?,17?,20?,21-/m0/s1. The number of hydrogen-bond donors (Lipinski definition) is 2. The molecule has 164 valence electrons. The highest BCUT2D eigenvalue weighted by atomic mass is 16.6. The molecule has 1 aromatic rings. The minimum absolute atomic E-state index is 0.0233. The van der Waals surface area contributed by atoms with Crippen molar-refractivity contribution in [3.8, 4) is 11.8 Å². The van der Waals surface area contributed by atoms with Crippen LogP contribution in [0, 0.1) is 23.2 Å². The van der Waals surface area contributed by atoms with Crippen molar-refractivity contribution < 1.29 is 19.1 Å². The minimum Gasteiger partial charge on any atom is -0.492 e. The number of ether oxygens (including phenoxy) is 2. The third-order valence-electron chi connectivity index (χ3n) is 5.28. The fourth-order valence-corrected chi connectivity index (χ4v) is 3.62. The van der Waals surface area contributed by atoms with Gasteiger partial charge in [0, 0.05) is 6.04 Å². The number of carbonyl (C=O) groups excluding carboxylic acids is 2. The van der Waals surface area contributed by atoms with Crippen LogP contribution >= 0.6 is 0 Å². The van der Waals surface area contributed by atoms with Crippen molar-refractivity contribution in [1.29, 1.82) is 5.26 Å². The Bertz CT molecular complexity index is 742. The number of nitrogens with one attached hydrogen (secondary N) is 2. The fourth-order valence-electron chi connectivity index (χ4n) is 3.62. The molecule has 0 aromatic heterocycles. The normalized spacial score (nSPS) is 20.7. The van der Waals surface area contributed by atoms with Gasteiger partial charge in [0.1, 0.15) is 18.5 Å². The lowest BCUT2D eigenvalue weighted by atomic mass is 9.89. The van der Waals surface area contributed by atoms with E-state index in [-0.39, 0.29) is 18.1 Å². The van der Waals surface area contributed by atoms with E-state index in [1.807, 2.05) is 20.8 Å². The number of benzene rings is 1. The maximum Gasteiger partial charge on any atom is 0.414 e. The van der Waals surface area contributed by atoms with E-state index in [2.05, 4.69) is 23.6 Å². The fraction of sp³-hybridized carbons (Fsp3) is 0.609. The average Bonchev–Trinajstić information content (AvgIpc) is 2.70. The first-order chi connectivity index (χ1) is 14.3. The van der Waals surface area contributed by atoms with Crippen LogP contribution in [-0.4, -0.2) is 36.8 Å². The Morgan fingerprint density at radius 1 is 1.20 bits per heavy atom. The summed E-state index contributed by atoms with van der Waals surface area (Å²) in [5.41, 5.74) is 0.569. The summed E-state index contributed by atoms with van der Waals surface area (Å²) in [4.78, 5) is 24.8. The molecule has 30 heavy (non-hydrogen) atoms. The maximum atomic E-state index is 12.6. The Kier molecular flexibility index (Phi) is 9.13. The van der Waals surface area contributed by atoms with E-state index in [0.29, 0.717) is 23.8 Å². The Morgan fingerprint density at radius 3 is 2.50 bits per heavy atom. The molecule has 0 saturated heterocycles. The van der Waals surface area contributed by atoms with Gasteiger partial charge in [-0.1, -0.05) is 27.2 Å². The summed E-state index contributed by atoms with van der Waals surface area (Å²) < 4.78 is 11.2. The van der Waals surface area contributed by atoms with Crippen molar-refractivity contribution in [3.05, 3.63) is 29.8 Å². The second-order valence-corrected chi connectivity index (χ2v) is 8.52. The Hall–Kier alpha value is -2.59. The highest BCUT2D eigenvalue weighted by Crippen LogP contribution is 2.25. The number of amides is 2. The molecular formula is C23H33N3O4. The molecule has 7 heteroatoms. The molecule has 0 bridgehead atoms. The van der Waals surface area contributed by atoms with Gasteiger partial charge in [0.05, 0.1) is 17.7 Å². The average molecular weight is 416 g/mol. The predicted molar refractivity (Wildman–Crippen MR) is 114 cm³/mol. The topological polar surface area (TPSA) is 100 Å². The molecule has 1 saturated carbocycles. The second-order valence-electron chi connectivity index (χ2n) is 8.52. The zero-order valence-corrected chi connectivity index (χ0v) is 18.3. The largest absolute Gasteiger partial charge is 0.492 e. The molecule has 0 heterocycles. The first-order valence-corrected chi connectivity index (χ1v) is 10.7. The molecule has 1 aliphatic carbocycles. The van der Waals surface area contributed by atoms with Gasteiger partial charge in [0.25, 0.3) is 0 Å². The molecular weight excluding hydrogens is 382 g/mol. The number of nitriles is 1. The molecule has 4 atom stereocenters. The van der Waals surface area contributed by atoms with E-state index in [1.54, 1.807) is 24.3 Å². The van der Waals surface area contributed by atoms with Crippen LogP contribution in [0.15, 0.2) is 24.3 Å². The van der Waals surface area contributed by atoms with E-state index in [1.165, 1.54) is 0 Å². The molecule has 3 unspecified atom stereocenters. The summed E-state index contributed by atoms with van der Waals surface area (Å²) >= 11 is 0. The van der Waals surface area contributed by atoms with E-state index < -0.39 is 18.0 Å². The van der Waals surface area contributed by atoms with Crippen molar-refractivity contribution in [1.82, 2.24) is 10.6 Å². The van der Waals surface area contributed by atoms with E-state index in [9.17, 15) is 9.59 Å². The van der Waals surface area contributed by atoms with Crippen LogP contribution < -0.4 is 15.4 Å². The molecule has 7 nitrogen and oxygen atoms in total. The lowest BCUT2D eigenvalue weighted by Crippen LogP contribution is -2.53. The van der Waals surface area contributed by atoms with Crippen LogP contribution in [0.3, 0.4) is 0 Å². The van der Waals surface area contributed by atoms with Gasteiger partial charge in [-0.3, -0.25) is 15.4 Å². The van der Waals surface area contributed by atoms with Gasteiger partial charge in [0.2, 0.25) is 5.91 Å². The quantitative estimate of drug-likeness (QED) is 0.670. The van der Waals surface area contributed by atoms with Crippen molar-refractivity contribution >= 4 is 12.0 Å². The zero-order valence-electron chi connectivity index (χ0n) is 18.3. The third kappa shape index (κ3) is 7.68. The van der Waals surface area contributed by atoms with E-state index in [4.69, 9.17) is 14.7 Å². The first-order valence-electron chi connectivity index (χ1n) is 10.7. The van der Waals surface area contributed by atoms with Gasteiger partial charge in [-0.15, -0.1) is 0 Å². The summed E-state index contributed by atoms with van der Waals surface area (Å²) in [5.74, 6) is 0.765. The summed E-state index contributed by atoms with van der Waals surface area (Å²) in [7, 11) is 0. The molecule has 1 aromatic carbocycles. The Morgan fingerprint density at radius 2 is 1.90 bits per heavy atom. The van der Waals surface area contributed by atoms with Crippen molar-refractivity contribution in [3.63, 3.8) is 0 Å². The van der Waals surface area contributed by atoms with Crippen LogP contribution in [-0.2, 0) is 9.53 Å². The number of rotatable bonds is 8. The molecule has 1 aliphatic rings. The van der Waals surface area contributed by atoms with Crippen molar-refractivity contribution in [2.45, 2.75) is 71.6 Å². The SMILES string of the molecule is CC1CCCC(OC(=O)NC(=O)[C@@H](NC(C)COc2ccc(C#N)cc2)C(C)C)C1. The molecule has 2 N–H and O–H groups in total. The van der Waals surface area contributed by atoms with Gasteiger partial charge in [0.15, 0.2) is 0 Å². The van der Waals surface area contributed by atoms with Crippen LogP contribution in [0.5, 0.6) is 5.75 Å². The zero-order chi connectivity index (χ0) is 22.1. The summed E-state index contributed by atoms with van der Waals surface area (Å²) in [6, 6.07) is 8.23. The molecule has 2 amide bonds. The number of nitrogens with zero attached hydrogens (tertiary/aromatic N) is 1. The summed E-state index contributed by atoms with van der Waals surface area (Å²) in [5, 5.41) is 14.5. The van der Waals surface area contributed by atoms with Gasteiger partial charge < -0.3 is 9.47 Å². The molecule has 1 fully saturated rings. The second kappa shape index (κ2) is 11.6. The third-order valence-corrected chi connectivity index (χ3v) is 5.28. The summed E-state index contributed by atoms with van der Waals surface area (Å²) in [6.45, 7) is 8.23. The van der Waals surface area contributed by atoms with E-state index >= 15 is 0 Å². The maximum absolute atomic E-state index is 12.6. The molecule has 0 spiro atoms. The number of carbonyl (C=O) groups is 2. The number of hydrogen-bond acceptors (Lipinski definition) is 6. The van der Waals surface area contributed by atoms with E-state index in [0.717, 1.165) is 25.7 Å². The lowest BCUT2D eigenvalue weighted by molar-refractivity contribution is -0.124. The van der Waals surface area contributed by atoms with Crippen LogP contribution in [0.25, 0.3) is 0 Å². The van der Waals surface area contributed by atoms with Gasteiger partial charge >= 0.3 is 6.09 Å². The minimum atomic E-state index is -0.673. The van der Waals surface area contributed by atoms with Gasteiger partial charge in [-0.05, 0) is 62.3 Å². The van der Waals surface area contributed by atoms with Crippen LogP contribution in [0.1, 0.15) is 58.9 Å². The molecule has 2 rings (SSSR count). The Balaban J connectivity index is 1.81.